The zero-order valence-electron chi connectivity index (χ0n) is 12.2. The molecule has 0 amide bonds. The zero-order chi connectivity index (χ0) is 13.9. The first-order valence-corrected chi connectivity index (χ1v) is 8.96. The summed E-state index contributed by atoms with van der Waals surface area (Å²) in [5.74, 6) is 0. The van der Waals surface area contributed by atoms with Gasteiger partial charge in [-0.3, -0.25) is 4.90 Å². The van der Waals surface area contributed by atoms with E-state index in [0.29, 0.717) is 6.04 Å². The van der Waals surface area contributed by atoms with Crippen LogP contribution in [0.1, 0.15) is 50.4 Å². The Hall–Kier alpha value is 0.1000. The molecule has 108 valence electrons. The summed E-state index contributed by atoms with van der Waals surface area (Å²) < 4.78 is 1.24. The highest BCUT2D eigenvalue weighted by molar-refractivity contribution is 9.10. The third-order valence-corrected chi connectivity index (χ3v) is 6.55. The Kier molecular flexibility index (Phi) is 5.46. The van der Waals surface area contributed by atoms with Crippen molar-refractivity contribution in [3.05, 3.63) is 20.8 Å². The molecule has 4 heteroatoms. The third kappa shape index (κ3) is 3.07. The molecular formula is C15H25BrN2S. The van der Waals surface area contributed by atoms with Gasteiger partial charge in [-0.1, -0.05) is 13.3 Å². The smallest absolute Gasteiger partial charge is 0.0608 e. The van der Waals surface area contributed by atoms with Gasteiger partial charge in [0.25, 0.3) is 0 Å². The van der Waals surface area contributed by atoms with Gasteiger partial charge in [-0.15, -0.1) is 11.3 Å². The second-order valence-electron chi connectivity index (χ2n) is 5.61. The standard InChI is InChI=1S/C15H25BrN2S/c1-4-15(2,18-9-6-5-7-10-18)14(17-3)13-12(16)8-11-19-13/h8,11,14,17H,4-7,9-10H2,1-3H3. The third-order valence-electron chi connectivity index (χ3n) is 4.61. The van der Waals surface area contributed by atoms with Crippen LogP contribution in [0, 0.1) is 0 Å². The lowest BCUT2D eigenvalue weighted by atomic mass is 9.84. The Balaban J connectivity index is 2.29. The van der Waals surface area contributed by atoms with E-state index in [2.05, 4.69) is 58.5 Å². The largest absolute Gasteiger partial charge is 0.311 e. The number of likely N-dealkylation sites (N-methyl/N-ethyl adjacent to an activating group) is 1. The summed E-state index contributed by atoms with van der Waals surface area (Å²) in [4.78, 5) is 4.13. The van der Waals surface area contributed by atoms with Crippen LogP contribution in [0.5, 0.6) is 0 Å². The van der Waals surface area contributed by atoms with Crippen molar-refractivity contribution in [2.75, 3.05) is 20.1 Å². The van der Waals surface area contributed by atoms with Gasteiger partial charge in [0.2, 0.25) is 0 Å². The van der Waals surface area contributed by atoms with Gasteiger partial charge >= 0.3 is 0 Å². The van der Waals surface area contributed by atoms with E-state index < -0.39 is 0 Å². The summed E-state index contributed by atoms with van der Waals surface area (Å²) in [6, 6.07) is 2.56. The average Bonchev–Trinajstić information content (AvgIpc) is 2.86. The molecule has 0 radical (unpaired) electrons. The number of halogens is 1. The molecule has 1 aliphatic heterocycles. The minimum Gasteiger partial charge on any atom is -0.311 e. The predicted molar refractivity (Wildman–Crippen MR) is 87.9 cm³/mol. The predicted octanol–water partition coefficient (Wildman–Crippen LogP) is 4.43. The molecule has 2 nitrogen and oxygen atoms in total. The van der Waals surface area contributed by atoms with Crippen molar-refractivity contribution in [3.8, 4) is 0 Å². The van der Waals surface area contributed by atoms with Gasteiger partial charge in [0.05, 0.1) is 6.04 Å². The van der Waals surface area contributed by atoms with Crippen molar-refractivity contribution in [2.45, 2.75) is 51.1 Å². The fourth-order valence-electron chi connectivity index (χ4n) is 3.25. The molecule has 2 atom stereocenters. The molecule has 1 N–H and O–H groups in total. The van der Waals surface area contributed by atoms with Gasteiger partial charge < -0.3 is 5.32 Å². The van der Waals surface area contributed by atoms with E-state index in [0.717, 1.165) is 0 Å². The quantitative estimate of drug-likeness (QED) is 0.850. The Bertz CT molecular complexity index is 401. The molecule has 2 heterocycles. The maximum atomic E-state index is 3.71. The van der Waals surface area contributed by atoms with Crippen LogP contribution in [0.4, 0.5) is 0 Å². The van der Waals surface area contributed by atoms with Gasteiger partial charge in [0.1, 0.15) is 0 Å². The maximum Gasteiger partial charge on any atom is 0.0608 e. The number of nitrogens with one attached hydrogen (secondary N) is 1. The van der Waals surface area contributed by atoms with Crippen LogP contribution in [0.2, 0.25) is 0 Å². The first kappa shape index (κ1) is 15.5. The number of thiophene rings is 1. The number of likely N-dealkylation sites (tertiary alicyclic amines) is 1. The van der Waals surface area contributed by atoms with Crippen molar-refractivity contribution in [2.24, 2.45) is 0 Å². The molecule has 1 fully saturated rings. The monoisotopic (exact) mass is 344 g/mol. The van der Waals surface area contributed by atoms with E-state index in [1.54, 1.807) is 0 Å². The molecular weight excluding hydrogens is 320 g/mol. The fraction of sp³-hybridized carbons (Fsp3) is 0.733. The molecule has 1 saturated heterocycles. The SMILES string of the molecule is CCC(C)(C(NC)c1sccc1Br)N1CCCCC1. The highest BCUT2D eigenvalue weighted by Crippen LogP contribution is 2.40. The molecule has 0 aromatic carbocycles. The molecule has 1 aliphatic rings. The van der Waals surface area contributed by atoms with E-state index >= 15 is 0 Å². The van der Waals surface area contributed by atoms with Crippen molar-refractivity contribution in [1.82, 2.24) is 10.2 Å². The maximum absolute atomic E-state index is 3.71. The van der Waals surface area contributed by atoms with Crippen molar-refractivity contribution in [1.29, 1.82) is 0 Å². The average molecular weight is 345 g/mol. The molecule has 0 aliphatic carbocycles. The lowest BCUT2D eigenvalue weighted by Crippen LogP contribution is -2.55. The minimum absolute atomic E-state index is 0.197. The zero-order valence-corrected chi connectivity index (χ0v) is 14.6. The Morgan fingerprint density at radius 1 is 1.42 bits per heavy atom. The number of piperidine rings is 1. The van der Waals surface area contributed by atoms with E-state index in [4.69, 9.17) is 0 Å². The first-order valence-electron chi connectivity index (χ1n) is 7.28. The van der Waals surface area contributed by atoms with E-state index in [9.17, 15) is 0 Å². The summed E-state index contributed by atoms with van der Waals surface area (Å²) in [5, 5.41) is 5.75. The molecule has 1 aromatic rings. The Morgan fingerprint density at radius 3 is 2.58 bits per heavy atom. The van der Waals surface area contributed by atoms with Crippen LogP contribution in [-0.2, 0) is 0 Å². The van der Waals surface area contributed by atoms with Gasteiger partial charge in [-0.25, -0.2) is 0 Å². The molecule has 2 unspecified atom stereocenters. The van der Waals surface area contributed by atoms with Gasteiger partial charge in [-0.2, -0.15) is 0 Å². The molecule has 0 spiro atoms. The summed E-state index contributed by atoms with van der Waals surface area (Å²) >= 11 is 5.56. The van der Waals surface area contributed by atoms with Crippen LogP contribution in [0.25, 0.3) is 0 Å². The van der Waals surface area contributed by atoms with E-state index in [1.165, 1.54) is 48.1 Å². The van der Waals surface area contributed by atoms with Crippen LogP contribution in [-0.4, -0.2) is 30.6 Å². The molecule has 19 heavy (non-hydrogen) atoms. The van der Waals surface area contributed by atoms with Crippen molar-refractivity contribution in [3.63, 3.8) is 0 Å². The van der Waals surface area contributed by atoms with Gasteiger partial charge in [-0.05, 0) is 73.7 Å². The van der Waals surface area contributed by atoms with Crippen molar-refractivity contribution < 1.29 is 0 Å². The number of rotatable bonds is 5. The van der Waals surface area contributed by atoms with Crippen molar-refractivity contribution >= 4 is 27.3 Å². The molecule has 0 bridgehead atoms. The summed E-state index contributed by atoms with van der Waals surface area (Å²) in [7, 11) is 2.09. The first-order chi connectivity index (χ1) is 9.13. The normalized spacial score (nSPS) is 22.1. The molecule has 2 rings (SSSR count). The topological polar surface area (TPSA) is 15.3 Å². The number of hydrogen-bond acceptors (Lipinski definition) is 3. The molecule has 0 saturated carbocycles. The van der Waals surface area contributed by atoms with Crippen LogP contribution >= 0.6 is 27.3 Å². The van der Waals surface area contributed by atoms with E-state index in [1.807, 2.05) is 11.3 Å². The van der Waals surface area contributed by atoms with Crippen LogP contribution in [0.15, 0.2) is 15.9 Å². The second-order valence-corrected chi connectivity index (χ2v) is 7.41. The highest BCUT2D eigenvalue weighted by atomic mass is 79.9. The molecule has 1 aromatic heterocycles. The summed E-state index contributed by atoms with van der Waals surface area (Å²) in [5.41, 5.74) is 0.197. The summed E-state index contributed by atoms with van der Waals surface area (Å²) in [6.45, 7) is 7.23. The number of nitrogens with zero attached hydrogens (tertiary/aromatic N) is 1. The van der Waals surface area contributed by atoms with Gasteiger partial charge in [0, 0.05) is 14.9 Å². The van der Waals surface area contributed by atoms with Crippen LogP contribution < -0.4 is 5.32 Å². The summed E-state index contributed by atoms with van der Waals surface area (Å²) in [6.07, 6.45) is 5.25. The Morgan fingerprint density at radius 2 is 2.11 bits per heavy atom. The minimum atomic E-state index is 0.197. The van der Waals surface area contributed by atoms with Crippen LogP contribution in [0.3, 0.4) is 0 Å². The highest BCUT2D eigenvalue weighted by Gasteiger charge is 2.40. The lowest BCUT2D eigenvalue weighted by Gasteiger charge is -2.47. The second kappa shape index (κ2) is 6.70. The fourth-order valence-corrected chi connectivity index (χ4v) is 5.11. The van der Waals surface area contributed by atoms with E-state index in [-0.39, 0.29) is 5.54 Å². The lowest BCUT2D eigenvalue weighted by molar-refractivity contribution is 0.0456. The van der Waals surface area contributed by atoms with Gasteiger partial charge in [0.15, 0.2) is 0 Å². The Labute approximate surface area is 129 Å². The number of hydrogen-bond donors (Lipinski definition) is 1.